The maximum absolute atomic E-state index is 10.2. The summed E-state index contributed by atoms with van der Waals surface area (Å²) in [5.41, 5.74) is 2.63. The number of nitrogens with zero attached hydrogens (tertiary/aromatic N) is 1. The minimum absolute atomic E-state index is 0.622. The third-order valence-electron chi connectivity index (χ3n) is 2.49. The summed E-state index contributed by atoms with van der Waals surface area (Å²) in [7, 11) is 0. The van der Waals surface area contributed by atoms with Crippen LogP contribution in [0.3, 0.4) is 0 Å². The summed E-state index contributed by atoms with van der Waals surface area (Å²) in [5, 5.41) is 10.2. The van der Waals surface area contributed by atoms with Gasteiger partial charge in [-0.15, -0.1) is 0 Å². The van der Waals surface area contributed by atoms with E-state index in [1.165, 1.54) is 5.56 Å². The Kier molecular flexibility index (Phi) is 3.97. The van der Waals surface area contributed by atoms with E-state index in [1.54, 1.807) is 6.20 Å². The molecule has 0 aliphatic heterocycles. The van der Waals surface area contributed by atoms with Crippen LogP contribution in [0.1, 0.15) is 22.9 Å². The van der Waals surface area contributed by atoms with Gasteiger partial charge in [-0.1, -0.05) is 29.8 Å². The Morgan fingerprint density at radius 2 is 1.82 bits per heavy atom. The molecule has 2 rings (SSSR count). The van der Waals surface area contributed by atoms with Gasteiger partial charge in [-0.3, -0.25) is 4.98 Å². The number of pyridine rings is 1. The first kappa shape index (κ1) is 12.7. The lowest BCUT2D eigenvalue weighted by Gasteiger charge is -2.12. The SMILES string of the molecule is Cc1ccc(C(O)c2ncc(Br)cc2Br)cc1. The molecule has 1 heterocycles. The maximum Gasteiger partial charge on any atom is 0.122 e. The number of benzene rings is 1. The van der Waals surface area contributed by atoms with Gasteiger partial charge in [0.2, 0.25) is 0 Å². The lowest BCUT2D eigenvalue weighted by Crippen LogP contribution is -2.03. The highest BCUT2D eigenvalue weighted by Crippen LogP contribution is 2.28. The Bertz CT molecular complexity index is 525. The van der Waals surface area contributed by atoms with Crippen molar-refractivity contribution in [3.05, 3.63) is 62.3 Å². The number of rotatable bonds is 2. The lowest BCUT2D eigenvalue weighted by atomic mass is 10.0. The van der Waals surface area contributed by atoms with Gasteiger partial charge in [0.25, 0.3) is 0 Å². The molecule has 0 fully saturated rings. The highest BCUT2D eigenvalue weighted by atomic mass is 79.9. The van der Waals surface area contributed by atoms with E-state index in [-0.39, 0.29) is 0 Å². The molecule has 2 aromatic rings. The topological polar surface area (TPSA) is 33.1 Å². The fourth-order valence-electron chi connectivity index (χ4n) is 1.53. The average molecular weight is 357 g/mol. The zero-order chi connectivity index (χ0) is 12.4. The number of halogens is 2. The molecule has 0 aliphatic rings. The standard InChI is InChI=1S/C13H11Br2NO/c1-8-2-4-9(5-3-8)13(17)12-11(15)6-10(14)7-16-12/h2-7,13,17H,1H3. The van der Waals surface area contributed by atoms with Crippen molar-refractivity contribution in [3.63, 3.8) is 0 Å². The van der Waals surface area contributed by atoms with E-state index in [1.807, 2.05) is 37.3 Å². The van der Waals surface area contributed by atoms with E-state index in [9.17, 15) is 5.11 Å². The highest BCUT2D eigenvalue weighted by molar-refractivity contribution is 9.11. The molecule has 4 heteroatoms. The molecule has 1 aromatic carbocycles. The van der Waals surface area contributed by atoms with Gasteiger partial charge in [0.05, 0.1) is 5.69 Å². The van der Waals surface area contributed by atoms with Gasteiger partial charge in [0, 0.05) is 15.1 Å². The predicted molar refractivity (Wildman–Crippen MR) is 74.9 cm³/mol. The van der Waals surface area contributed by atoms with Crippen molar-refractivity contribution in [2.24, 2.45) is 0 Å². The quantitative estimate of drug-likeness (QED) is 0.882. The van der Waals surface area contributed by atoms with Crippen molar-refractivity contribution >= 4 is 31.9 Å². The summed E-state index contributed by atoms with van der Waals surface area (Å²) < 4.78 is 1.67. The number of hydrogen-bond acceptors (Lipinski definition) is 2. The summed E-state index contributed by atoms with van der Waals surface area (Å²) in [6.45, 7) is 2.02. The molecule has 0 bridgehead atoms. The largest absolute Gasteiger partial charge is 0.382 e. The lowest BCUT2D eigenvalue weighted by molar-refractivity contribution is 0.214. The van der Waals surface area contributed by atoms with E-state index in [4.69, 9.17) is 0 Å². The van der Waals surface area contributed by atoms with Crippen LogP contribution in [-0.4, -0.2) is 10.1 Å². The van der Waals surface area contributed by atoms with E-state index in [0.717, 1.165) is 14.5 Å². The summed E-state index contributed by atoms with van der Waals surface area (Å²) in [6.07, 6.45) is 0.968. The smallest absolute Gasteiger partial charge is 0.122 e. The third kappa shape index (κ3) is 2.94. The number of aromatic nitrogens is 1. The van der Waals surface area contributed by atoms with Gasteiger partial charge in [-0.05, 0) is 50.4 Å². The molecule has 1 atom stereocenters. The van der Waals surface area contributed by atoms with Crippen LogP contribution in [0.15, 0.2) is 45.5 Å². The number of aryl methyl sites for hydroxylation is 1. The fraction of sp³-hybridized carbons (Fsp3) is 0.154. The first-order chi connectivity index (χ1) is 8.08. The first-order valence-corrected chi connectivity index (χ1v) is 6.72. The molecule has 1 unspecified atom stereocenters. The molecule has 0 saturated carbocycles. The number of hydrogen-bond donors (Lipinski definition) is 1. The van der Waals surface area contributed by atoms with Crippen molar-refractivity contribution in [3.8, 4) is 0 Å². The molecule has 1 aromatic heterocycles. The van der Waals surface area contributed by atoms with Crippen LogP contribution in [0.2, 0.25) is 0 Å². The molecular weight excluding hydrogens is 346 g/mol. The number of aliphatic hydroxyl groups is 1. The molecule has 0 amide bonds. The zero-order valence-electron chi connectivity index (χ0n) is 9.19. The minimum atomic E-state index is -0.710. The monoisotopic (exact) mass is 355 g/mol. The molecule has 0 aliphatic carbocycles. The Morgan fingerprint density at radius 1 is 1.18 bits per heavy atom. The summed E-state index contributed by atoms with van der Waals surface area (Å²) >= 11 is 6.74. The molecule has 88 valence electrons. The Hall–Kier alpha value is -0.710. The van der Waals surface area contributed by atoms with Crippen LogP contribution in [-0.2, 0) is 0 Å². The van der Waals surface area contributed by atoms with E-state index in [0.29, 0.717) is 5.69 Å². The maximum atomic E-state index is 10.2. The second-order valence-electron chi connectivity index (χ2n) is 3.83. The average Bonchev–Trinajstić information content (AvgIpc) is 2.29. The second-order valence-corrected chi connectivity index (χ2v) is 5.60. The van der Waals surface area contributed by atoms with Crippen LogP contribution >= 0.6 is 31.9 Å². The second kappa shape index (κ2) is 5.29. The Labute approximate surface area is 117 Å². The van der Waals surface area contributed by atoms with E-state index >= 15 is 0 Å². The van der Waals surface area contributed by atoms with Crippen LogP contribution in [0.4, 0.5) is 0 Å². The molecule has 0 saturated heterocycles. The van der Waals surface area contributed by atoms with Gasteiger partial charge < -0.3 is 5.11 Å². The Balaban J connectivity index is 2.36. The molecule has 0 radical (unpaired) electrons. The molecule has 0 spiro atoms. The highest BCUT2D eigenvalue weighted by Gasteiger charge is 2.15. The van der Waals surface area contributed by atoms with E-state index < -0.39 is 6.10 Å². The van der Waals surface area contributed by atoms with Crippen molar-refractivity contribution in [1.82, 2.24) is 4.98 Å². The van der Waals surface area contributed by atoms with Crippen LogP contribution < -0.4 is 0 Å². The van der Waals surface area contributed by atoms with E-state index in [2.05, 4.69) is 36.8 Å². The summed E-state index contributed by atoms with van der Waals surface area (Å²) in [6, 6.07) is 9.66. The van der Waals surface area contributed by atoms with Crippen LogP contribution in [0.25, 0.3) is 0 Å². The third-order valence-corrected chi connectivity index (χ3v) is 3.56. The van der Waals surface area contributed by atoms with Crippen molar-refractivity contribution in [1.29, 1.82) is 0 Å². The van der Waals surface area contributed by atoms with Gasteiger partial charge in [0.15, 0.2) is 0 Å². The van der Waals surface area contributed by atoms with Gasteiger partial charge >= 0.3 is 0 Å². The van der Waals surface area contributed by atoms with Crippen molar-refractivity contribution < 1.29 is 5.11 Å². The van der Waals surface area contributed by atoms with Gasteiger partial charge in [-0.25, -0.2) is 0 Å². The van der Waals surface area contributed by atoms with Crippen molar-refractivity contribution in [2.45, 2.75) is 13.0 Å². The molecule has 17 heavy (non-hydrogen) atoms. The molecule has 1 N–H and O–H groups in total. The van der Waals surface area contributed by atoms with Gasteiger partial charge in [-0.2, -0.15) is 0 Å². The van der Waals surface area contributed by atoms with Crippen LogP contribution in [0, 0.1) is 6.92 Å². The minimum Gasteiger partial charge on any atom is -0.382 e. The molecule has 2 nitrogen and oxygen atoms in total. The van der Waals surface area contributed by atoms with Crippen LogP contribution in [0.5, 0.6) is 0 Å². The fourth-order valence-corrected chi connectivity index (χ4v) is 2.74. The normalized spacial score (nSPS) is 12.5. The Morgan fingerprint density at radius 3 is 2.41 bits per heavy atom. The predicted octanol–water partition coefficient (Wildman–Crippen LogP) is 4.00. The zero-order valence-corrected chi connectivity index (χ0v) is 12.4. The van der Waals surface area contributed by atoms with Crippen molar-refractivity contribution in [2.75, 3.05) is 0 Å². The number of aliphatic hydroxyl groups excluding tert-OH is 1. The summed E-state index contributed by atoms with van der Waals surface area (Å²) in [4.78, 5) is 4.23. The summed E-state index contributed by atoms with van der Waals surface area (Å²) in [5.74, 6) is 0. The van der Waals surface area contributed by atoms with Gasteiger partial charge in [0.1, 0.15) is 6.10 Å². The molecular formula is C13H11Br2NO. The first-order valence-electron chi connectivity index (χ1n) is 5.13.